The summed E-state index contributed by atoms with van der Waals surface area (Å²) < 4.78 is 0. The van der Waals surface area contributed by atoms with Crippen LogP contribution in [0, 0.1) is 5.92 Å². The van der Waals surface area contributed by atoms with Crippen LogP contribution >= 0.6 is 23.1 Å². The number of H-pyrrole nitrogens is 2. The van der Waals surface area contributed by atoms with E-state index < -0.39 is 5.69 Å². The number of nitrogens with one attached hydrogen (secondary N) is 2. The van der Waals surface area contributed by atoms with E-state index in [1.807, 2.05) is 12.1 Å². The lowest BCUT2D eigenvalue weighted by molar-refractivity contribution is 0.220. The molecule has 7 heteroatoms. The van der Waals surface area contributed by atoms with E-state index in [2.05, 4.69) is 54.1 Å². The van der Waals surface area contributed by atoms with Gasteiger partial charge in [-0.1, -0.05) is 56.3 Å². The van der Waals surface area contributed by atoms with Gasteiger partial charge in [0, 0.05) is 22.3 Å². The molecule has 3 unspecified atom stereocenters. The fourth-order valence-corrected chi connectivity index (χ4v) is 6.31. The minimum absolute atomic E-state index is 0.300. The number of benzene rings is 2. The van der Waals surface area contributed by atoms with Crippen LogP contribution in [0.2, 0.25) is 0 Å². The Morgan fingerprint density at radius 2 is 1.78 bits per heavy atom. The second-order valence-electron chi connectivity index (χ2n) is 8.50. The molecule has 4 aromatic rings. The third kappa shape index (κ3) is 4.85. The highest BCUT2D eigenvalue weighted by Crippen LogP contribution is 2.34. The Hall–Kier alpha value is -2.35. The molecular weight excluding hydrogens is 440 g/mol. The topological polar surface area (TPSA) is 85.9 Å². The molecule has 0 amide bonds. The zero-order valence-electron chi connectivity index (χ0n) is 18.5. The molecule has 0 spiro atoms. The molecule has 0 saturated heterocycles. The molecule has 2 aromatic carbocycles. The van der Waals surface area contributed by atoms with Crippen molar-refractivity contribution in [2.45, 2.75) is 45.0 Å². The first-order valence-electron chi connectivity index (χ1n) is 10.9. The Morgan fingerprint density at radius 3 is 2.56 bits per heavy atom. The van der Waals surface area contributed by atoms with Gasteiger partial charge in [0.05, 0.1) is 11.5 Å². The van der Waals surface area contributed by atoms with E-state index >= 15 is 0 Å². The molecule has 32 heavy (non-hydrogen) atoms. The minimum Gasteiger partial charge on any atom is -0.393 e. The third-order valence-electron chi connectivity index (χ3n) is 5.93. The standard InChI is InChI=1S/C25H28N2O3S2/c1-14(16(3)31-13-15(2)28)11-20-21(32-24-22(20)23(29)26-25(30)27-24)12-18-9-6-8-17-7-4-5-10-19(17)18/h4-10,14-16,28H,11-13H2,1-3H3,(H2,26,27,29,30). The van der Waals surface area contributed by atoms with Gasteiger partial charge in [0.2, 0.25) is 0 Å². The summed E-state index contributed by atoms with van der Waals surface area (Å²) in [6.45, 7) is 6.16. The van der Waals surface area contributed by atoms with E-state index in [1.54, 1.807) is 18.7 Å². The van der Waals surface area contributed by atoms with E-state index in [-0.39, 0.29) is 11.7 Å². The van der Waals surface area contributed by atoms with Crippen molar-refractivity contribution in [3.8, 4) is 0 Å². The number of aromatic amines is 2. The quantitative estimate of drug-likeness (QED) is 0.350. The summed E-state index contributed by atoms with van der Waals surface area (Å²) >= 11 is 3.25. The molecule has 0 saturated carbocycles. The molecule has 3 atom stereocenters. The van der Waals surface area contributed by atoms with Crippen molar-refractivity contribution in [3.63, 3.8) is 0 Å². The van der Waals surface area contributed by atoms with Crippen molar-refractivity contribution in [1.82, 2.24) is 9.97 Å². The molecule has 0 aliphatic heterocycles. The minimum atomic E-state index is -0.471. The molecule has 2 aromatic heterocycles. The van der Waals surface area contributed by atoms with Crippen LogP contribution < -0.4 is 11.2 Å². The van der Waals surface area contributed by atoms with Gasteiger partial charge >= 0.3 is 5.69 Å². The van der Waals surface area contributed by atoms with Crippen LogP contribution in [0.4, 0.5) is 0 Å². The maximum absolute atomic E-state index is 12.8. The molecule has 0 bridgehead atoms. The highest BCUT2D eigenvalue weighted by atomic mass is 32.2. The van der Waals surface area contributed by atoms with Crippen LogP contribution in [-0.4, -0.2) is 32.2 Å². The number of aliphatic hydroxyl groups is 1. The van der Waals surface area contributed by atoms with E-state index in [0.29, 0.717) is 33.6 Å². The second-order valence-corrected chi connectivity index (χ2v) is 11.0. The molecule has 168 valence electrons. The molecule has 2 heterocycles. The number of fused-ring (bicyclic) bond motifs is 2. The SMILES string of the molecule is CC(O)CSC(C)C(C)Cc1c(Cc2cccc3ccccc23)sc2[nH]c(=O)[nH]c(=O)c12. The van der Waals surface area contributed by atoms with Crippen LogP contribution in [0.5, 0.6) is 0 Å². The molecule has 5 nitrogen and oxygen atoms in total. The predicted octanol–water partition coefficient (Wildman–Crippen LogP) is 4.70. The highest BCUT2D eigenvalue weighted by molar-refractivity contribution is 7.99. The Kier molecular flexibility index (Phi) is 6.88. The molecule has 3 N–H and O–H groups in total. The number of hydrogen-bond acceptors (Lipinski definition) is 5. The highest BCUT2D eigenvalue weighted by Gasteiger charge is 2.22. The summed E-state index contributed by atoms with van der Waals surface area (Å²) in [5.74, 6) is 0.987. The fourth-order valence-electron chi connectivity index (χ4n) is 4.06. The lowest BCUT2D eigenvalue weighted by Crippen LogP contribution is -2.22. The van der Waals surface area contributed by atoms with Gasteiger partial charge in [-0.25, -0.2) is 4.79 Å². The number of aliphatic hydroxyl groups excluding tert-OH is 1. The van der Waals surface area contributed by atoms with Crippen molar-refractivity contribution in [1.29, 1.82) is 0 Å². The molecule has 0 aliphatic rings. The summed E-state index contributed by atoms with van der Waals surface area (Å²) in [6.07, 6.45) is 1.11. The molecule has 0 radical (unpaired) electrons. The van der Waals surface area contributed by atoms with E-state index in [4.69, 9.17) is 0 Å². The van der Waals surface area contributed by atoms with Gasteiger partial charge in [0.15, 0.2) is 0 Å². The van der Waals surface area contributed by atoms with Crippen molar-refractivity contribution in [2.75, 3.05) is 5.75 Å². The van der Waals surface area contributed by atoms with E-state index in [9.17, 15) is 14.7 Å². The number of thioether (sulfide) groups is 1. The Balaban J connectivity index is 1.76. The molecular formula is C25H28N2O3S2. The van der Waals surface area contributed by atoms with Gasteiger partial charge < -0.3 is 5.11 Å². The maximum atomic E-state index is 12.8. The first-order chi connectivity index (χ1) is 15.3. The predicted molar refractivity (Wildman–Crippen MR) is 136 cm³/mol. The summed E-state index contributed by atoms with van der Waals surface area (Å²) in [5.41, 5.74) is 1.43. The number of rotatable bonds is 8. The van der Waals surface area contributed by atoms with E-state index in [1.165, 1.54) is 27.7 Å². The van der Waals surface area contributed by atoms with Gasteiger partial charge in [0.25, 0.3) is 5.56 Å². The van der Waals surface area contributed by atoms with Crippen molar-refractivity contribution in [3.05, 3.63) is 79.3 Å². The first-order valence-corrected chi connectivity index (χ1v) is 12.7. The Morgan fingerprint density at radius 1 is 1.03 bits per heavy atom. The van der Waals surface area contributed by atoms with Crippen LogP contribution in [0.3, 0.4) is 0 Å². The van der Waals surface area contributed by atoms with Crippen molar-refractivity contribution in [2.24, 2.45) is 5.92 Å². The van der Waals surface area contributed by atoms with Gasteiger partial charge in [-0.2, -0.15) is 11.8 Å². The number of thiophene rings is 1. The number of aromatic nitrogens is 2. The fraction of sp³-hybridized carbons (Fsp3) is 0.360. The van der Waals surface area contributed by atoms with Gasteiger partial charge in [-0.05, 0) is 41.2 Å². The Labute approximate surface area is 194 Å². The van der Waals surface area contributed by atoms with Gasteiger partial charge in [-0.15, -0.1) is 11.3 Å². The normalized spacial score (nSPS) is 14.6. The van der Waals surface area contributed by atoms with Crippen molar-refractivity contribution < 1.29 is 5.11 Å². The molecule has 4 rings (SSSR count). The molecule has 0 fully saturated rings. The summed E-state index contributed by atoms with van der Waals surface area (Å²) in [5, 5.41) is 13.0. The smallest absolute Gasteiger partial charge is 0.326 e. The third-order valence-corrected chi connectivity index (χ3v) is 8.74. The molecule has 0 aliphatic carbocycles. The average molecular weight is 469 g/mol. The monoisotopic (exact) mass is 468 g/mol. The largest absolute Gasteiger partial charge is 0.393 e. The Bertz CT molecular complexity index is 1350. The summed E-state index contributed by atoms with van der Waals surface area (Å²) in [7, 11) is 0. The van der Waals surface area contributed by atoms with Gasteiger partial charge in [-0.3, -0.25) is 14.8 Å². The first kappa shape index (κ1) is 22.8. The van der Waals surface area contributed by atoms with Crippen LogP contribution in [0.1, 0.15) is 36.8 Å². The average Bonchev–Trinajstić information content (AvgIpc) is 3.09. The summed E-state index contributed by atoms with van der Waals surface area (Å²) in [4.78, 5) is 31.6. The maximum Gasteiger partial charge on any atom is 0.326 e. The number of hydrogen-bond donors (Lipinski definition) is 3. The van der Waals surface area contributed by atoms with Crippen LogP contribution in [0.25, 0.3) is 21.0 Å². The zero-order chi connectivity index (χ0) is 22.8. The van der Waals surface area contributed by atoms with Crippen LogP contribution in [0.15, 0.2) is 52.1 Å². The van der Waals surface area contributed by atoms with Crippen molar-refractivity contribution >= 4 is 44.1 Å². The van der Waals surface area contributed by atoms with Gasteiger partial charge in [0.1, 0.15) is 4.83 Å². The van der Waals surface area contributed by atoms with E-state index in [0.717, 1.165) is 16.9 Å². The second kappa shape index (κ2) is 9.65. The summed E-state index contributed by atoms with van der Waals surface area (Å²) in [6, 6.07) is 14.6. The zero-order valence-corrected chi connectivity index (χ0v) is 20.1. The lowest BCUT2D eigenvalue weighted by atomic mass is 9.94. The lowest BCUT2D eigenvalue weighted by Gasteiger charge is -2.21. The van der Waals surface area contributed by atoms with Crippen LogP contribution in [-0.2, 0) is 12.8 Å².